The third-order valence-corrected chi connectivity index (χ3v) is 5.45. The Balaban J connectivity index is 1.82. The molecule has 1 fully saturated rings. The maximum absolute atomic E-state index is 12.6. The first-order chi connectivity index (χ1) is 12.8. The number of piperidine rings is 1. The van der Waals surface area contributed by atoms with E-state index in [0.717, 1.165) is 22.8 Å². The van der Waals surface area contributed by atoms with Crippen LogP contribution in [0.4, 0.5) is 0 Å². The molecule has 2 aliphatic heterocycles. The van der Waals surface area contributed by atoms with Crippen molar-refractivity contribution in [3.05, 3.63) is 23.8 Å². The molecule has 1 saturated heterocycles. The highest BCUT2D eigenvalue weighted by atomic mass is 16.6. The summed E-state index contributed by atoms with van der Waals surface area (Å²) in [5.74, 6) is 1.43. The topological polar surface area (TPSA) is 80.6 Å². The van der Waals surface area contributed by atoms with Crippen molar-refractivity contribution < 1.29 is 24.2 Å². The minimum absolute atomic E-state index is 0.0245. The Bertz CT molecular complexity index is 736. The zero-order valence-electron chi connectivity index (χ0n) is 16.4. The van der Waals surface area contributed by atoms with Crippen molar-refractivity contribution in [2.45, 2.75) is 38.7 Å². The summed E-state index contributed by atoms with van der Waals surface area (Å²) in [5.41, 5.74) is 0.567. The first kappa shape index (κ1) is 19.5. The molecule has 1 spiro atoms. The van der Waals surface area contributed by atoms with Crippen LogP contribution in [0.5, 0.6) is 11.5 Å². The molecule has 2 aliphatic rings. The lowest BCUT2D eigenvalue weighted by Gasteiger charge is -2.45. The number of oxime groups is 1. The highest BCUT2D eigenvalue weighted by Crippen LogP contribution is 2.41. The van der Waals surface area contributed by atoms with Crippen molar-refractivity contribution in [1.29, 1.82) is 0 Å². The summed E-state index contributed by atoms with van der Waals surface area (Å²) in [6.45, 7) is 4.54. The zero-order chi connectivity index (χ0) is 19.7. The SMILES string of the molecule is CO/N=C1/CC2(CCN(C(=O)C(C)(C)CO)CC2)Oc2cc(OC)ccc21. The molecule has 0 saturated carbocycles. The molecule has 0 atom stereocenters. The number of carbonyl (C=O) groups excluding carboxylic acids is 1. The van der Waals surface area contributed by atoms with Crippen molar-refractivity contribution in [3.8, 4) is 11.5 Å². The maximum Gasteiger partial charge on any atom is 0.230 e. The average molecular weight is 376 g/mol. The maximum atomic E-state index is 12.6. The van der Waals surface area contributed by atoms with E-state index in [1.54, 1.807) is 21.0 Å². The molecule has 0 radical (unpaired) electrons. The van der Waals surface area contributed by atoms with Gasteiger partial charge in [0.2, 0.25) is 5.91 Å². The first-order valence-corrected chi connectivity index (χ1v) is 9.22. The molecule has 0 unspecified atom stereocenters. The molecule has 1 aromatic carbocycles. The molecule has 148 valence electrons. The zero-order valence-corrected chi connectivity index (χ0v) is 16.4. The number of rotatable bonds is 4. The highest BCUT2D eigenvalue weighted by molar-refractivity contribution is 6.04. The van der Waals surface area contributed by atoms with Gasteiger partial charge < -0.3 is 24.3 Å². The van der Waals surface area contributed by atoms with E-state index in [0.29, 0.717) is 32.4 Å². The second kappa shape index (κ2) is 7.38. The number of nitrogens with zero attached hydrogens (tertiary/aromatic N) is 2. The van der Waals surface area contributed by atoms with Crippen LogP contribution in [-0.4, -0.2) is 61.1 Å². The minimum Gasteiger partial charge on any atom is -0.497 e. The van der Waals surface area contributed by atoms with E-state index in [-0.39, 0.29) is 12.5 Å². The fourth-order valence-corrected chi connectivity index (χ4v) is 3.71. The van der Waals surface area contributed by atoms with Crippen LogP contribution < -0.4 is 9.47 Å². The van der Waals surface area contributed by atoms with Crippen LogP contribution in [0.2, 0.25) is 0 Å². The number of carbonyl (C=O) groups is 1. The molecular weight excluding hydrogens is 348 g/mol. The van der Waals surface area contributed by atoms with Gasteiger partial charge in [0.1, 0.15) is 24.2 Å². The van der Waals surface area contributed by atoms with Crippen LogP contribution in [0.25, 0.3) is 0 Å². The quantitative estimate of drug-likeness (QED) is 0.815. The predicted octanol–water partition coefficient (Wildman–Crippen LogP) is 2.21. The number of fused-ring (bicyclic) bond motifs is 1. The summed E-state index contributed by atoms with van der Waals surface area (Å²) in [7, 11) is 3.16. The van der Waals surface area contributed by atoms with Gasteiger partial charge in [-0.1, -0.05) is 5.16 Å². The van der Waals surface area contributed by atoms with E-state index < -0.39 is 11.0 Å². The minimum atomic E-state index is -0.763. The molecule has 7 heteroatoms. The Hall–Kier alpha value is -2.28. The van der Waals surface area contributed by atoms with Gasteiger partial charge in [-0.15, -0.1) is 0 Å². The Morgan fingerprint density at radius 2 is 2.04 bits per heavy atom. The van der Waals surface area contributed by atoms with E-state index in [1.807, 2.05) is 23.1 Å². The molecule has 0 aromatic heterocycles. The second-order valence-corrected chi connectivity index (χ2v) is 7.88. The monoisotopic (exact) mass is 376 g/mol. The number of benzene rings is 1. The molecule has 7 nitrogen and oxygen atoms in total. The van der Waals surface area contributed by atoms with Crippen molar-refractivity contribution in [2.24, 2.45) is 10.6 Å². The number of aliphatic hydroxyl groups excluding tert-OH is 1. The number of hydrogen-bond acceptors (Lipinski definition) is 6. The van der Waals surface area contributed by atoms with Gasteiger partial charge in [-0.25, -0.2) is 0 Å². The fraction of sp³-hybridized carbons (Fsp3) is 0.600. The van der Waals surface area contributed by atoms with Crippen LogP contribution in [0, 0.1) is 5.41 Å². The van der Waals surface area contributed by atoms with Crippen LogP contribution in [0.15, 0.2) is 23.4 Å². The van der Waals surface area contributed by atoms with Crippen LogP contribution in [-0.2, 0) is 9.63 Å². The molecule has 1 N–H and O–H groups in total. The summed E-state index contributed by atoms with van der Waals surface area (Å²) in [4.78, 5) is 19.5. The summed E-state index contributed by atoms with van der Waals surface area (Å²) < 4.78 is 11.7. The lowest BCUT2D eigenvalue weighted by atomic mass is 9.81. The van der Waals surface area contributed by atoms with E-state index in [1.165, 1.54) is 7.11 Å². The number of likely N-dealkylation sites (tertiary alicyclic amines) is 1. The van der Waals surface area contributed by atoms with Crippen molar-refractivity contribution in [1.82, 2.24) is 4.90 Å². The van der Waals surface area contributed by atoms with E-state index >= 15 is 0 Å². The van der Waals surface area contributed by atoms with Crippen molar-refractivity contribution >= 4 is 11.6 Å². The normalized spacial score (nSPS) is 20.2. The van der Waals surface area contributed by atoms with Gasteiger partial charge in [0.25, 0.3) is 0 Å². The fourth-order valence-electron chi connectivity index (χ4n) is 3.71. The van der Waals surface area contributed by atoms with Gasteiger partial charge in [-0.3, -0.25) is 4.79 Å². The summed E-state index contributed by atoms with van der Waals surface area (Å²) in [6, 6.07) is 5.68. The van der Waals surface area contributed by atoms with Gasteiger partial charge in [0.05, 0.1) is 24.8 Å². The van der Waals surface area contributed by atoms with Gasteiger partial charge >= 0.3 is 0 Å². The van der Waals surface area contributed by atoms with Crippen LogP contribution in [0.3, 0.4) is 0 Å². The lowest BCUT2D eigenvalue weighted by Crippen LogP contribution is -2.54. The summed E-state index contributed by atoms with van der Waals surface area (Å²) >= 11 is 0. The average Bonchev–Trinajstić information content (AvgIpc) is 2.67. The highest BCUT2D eigenvalue weighted by Gasteiger charge is 2.44. The molecule has 3 rings (SSSR count). The Labute approximate surface area is 159 Å². The lowest BCUT2D eigenvalue weighted by molar-refractivity contribution is -0.145. The smallest absolute Gasteiger partial charge is 0.230 e. The van der Waals surface area contributed by atoms with Gasteiger partial charge in [0, 0.05) is 44.0 Å². The van der Waals surface area contributed by atoms with Crippen molar-refractivity contribution in [3.63, 3.8) is 0 Å². The molecule has 2 heterocycles. The van der Waals surface area contributed by atoms with E-state index in [2.05, 4.69) is 5.16 Å². The van der Waals surface area contributed by atoms with Crippen molar-refractivity contribution in [2.75, 3.05) is 33.9 Å². The molecular formula is C20H28N2O5. The standard InChI is InChI=1S/C20H28N2O5/c1-19(2,13-23)18(24)22-9-7-20(8-10-22)12-16(21-26-4)15-6-5-14(25-3)11-17(15)27-20/h5-6,11,23H,7-10,12-13H2,1-4H3/b21-16-. The van der Waals surface area contributed by atoms with Gasteiger partial charge in [-0.05, 0) is 26.0 Å². The molecule has 1 amide bonds. The third kappa shape index (κ3) is 3.74. The largest absolute Gasteiger partial charge is 0.497 e. The molecule has 27 heavy (non-hydrogen) atoms. The summed E-state index contributed by atoms with van der Waals surface area (Å²) in [5, 5.41) is 13.7. The first-order valence-electron chi connectivity index (χ1n) is 9.22. The molecule has 1 aromatic rings. The second-order valence-electron chi connectivity index (χ2n) is 7.88. The third-order valence-electron chi connectivity index (χ3n) is 5.45. The van der Waals surface area contributed by atoms with Gasteiger partial charge in [-0.2, -0.15) is 0 Å². The number of aliphatic hydroxyl groups is 1. The summed E-state index contributed by atoms with van der Waals surface area (Å²) in [6.07, 6.45) is 2.02. The number of ether oxygens (including phenoxy) is 2. The predicted molar refractivity (Wildman–Crippen MR) is 101 cm³/mol. The number of amides is 1. The molecule has 0 aliphatic carbocycles. The molecule has 0 bridgehead atoms. The van der Waals surface area contributed by atoms with Gasteiger partial charge in [0.15, 0.2) is 0 Å². The van der Waals surface area contributed by atoms with E-state index in [4.69, 9.17) is 14.3 Å². The van der Waals surface area contributed by atoms with Crippen LogP contribution >= 0.6 is 0 Å². The Morgan fingerprint density at radius 1 is 1.33 bits per heavy atom. The number of hydrogen-bond donors (Lipinski definition) is 1. The van der Waals surface area contributed by atoms with Crippen LogP contribution in [0.1, 0.15) is 38.7 Å². The number of methoxy groups -OCH3 is 1. The Kier molecular flexibility index (Phi) is 5.33. The van der Waals surface area contributed by atoms with E-state index in [9.17, 15) is 9.90 Å². The Morgan fingerprint density at radius 3 is 2.63 bits per heavy atom.